The van der Waals surface area contributed by atoms with E-state index in [2.05, 4.69) is 5.32 Å². The summed E-state index contributed by atoms with van der Waals surface area (Å²) in [6.45, 7) is 0. The first-order valence-electron chi connectivity index (χ1n) is 5.60. The lowest BCUT2D eigenvalue weighted by atomic mass is 10.2. The Hall–Kier alpha value is -2.56. The van der Waals surface area contributed by atoms with Crippen LogP contribution in [-0.2, 0) is 0 Å². The molecule has 2 rings (SSSR count). The number of ether oxygens (including phenoxy) is 1. The van der Waals surface area contributed by atoms with E-state index in [1.54, 1.807) is 18.2 Å². The number of hydrogen-bond donors (Lipinski definition) is 2. The van der Waals surface area contributed by atoms with E-state index in [0.29, 0.717) is 17.1 Å². The van der Waals surface area contributed by atoms with Gasteiger partial charge in [-0.2, -0.15) is 0 Å². The topological polar surface area (TPSA) is 64.3 Å². The van der Waals surface area contributed by atoms with Crippen molar-refractivity contribution in [2.45, 2.75) is 0 Å². The summed E-state index contributed by atoms with van der Waals surface area (Å²) in [5.74, 6) is -0.284. The van der Waals surface area contributed by atoms with Gasteiger partial charge in [-0.05, 0) is 30.3 Å². The van der Waals surface area contributed by atoms with E-state index >= 15 is 0 Å². The lowest BCUT2D eigenvalue weighted by molar-refractivity contribution is 0.102. The maximum Gasteiger partial charge on any atom is 0.255 e. The molecular formula is C14H13FN2O2. The van der Waals surface area contributed by atoms with Crippen LogP contribution in [0.15, 0.2) is 42.5 Å². The van der Waals surface area contributed by atoms with Crippen LogP contribution in [0.1, 0.15) is 10.4 Å². The Morgan fingerprint density at radius 2 is 2.05 bits per heavy atom. The Morgan fingerprint density at radius 1 is 1.26 bits per heavy atom. The second kappa shape index (κ2) is 5.39. The van der Waals surface area contributed by atoms with Crippen LogP contribution in [0.4, 0.5) is 15.8 Å². The highest BCUT2D eigenvalue weighted by Gasteiger charge is 2.09. The number of nitrogens with two attached hydrogens (primary N) is 1. The summed E-state index contributed by atoms with van der Waals surface area (Å²) in [5.41, 5.74) is 6.85. The smallest absolute Gasteiger partial charge is 0.255 e. The molecule has 19 heavy (non-hydrogen) atoms. The number of halogens is 1. The Morgan fingerprint density at radius 3 is 2.68 bits per heavy atom. The van der Waals surface area contributed by atoms with E-state index < -0.39 is 11.7 Å². The fourth-order valence-electron chi connectivity index (χ4n) is 1.61. The largest absolute Gasteiger partial charge is 0.497 e. The minimum absolute atomic E-state index is 0.232. The Kier molecular flexibility index (Phi) is 3.66. The van der Waals surface area contributed by atoms with Gasteiger partial charge in [-0.3, -0.25) is 4.79 Å². The van der Waals surface area contributed by atoms with E-state index in [0.717, 1.165) is 6.07 Å². The average molecular weight is 260 g/mol. The molecule has 0 saturated carbocycles. The van der Waals surface area contributed by atoms with Gasteiger partial charge in [-0.1, -0.05) is 6.07 Å². The maximum atomic E-state index is 13.0. The van der Waals surface area contributed by atoms with Crippen molar-refractivity contribution >= 4 is 17.3 Å². The Labute approximate surface area is 110 Å². The molecule has 5 heteroatoms. The molecule has 0 aromatic heterocycles. The van der Waals surface area contributed by atoms with Crippen LogP contribution < -0.4 is 15.8 Å². The van der Waals surface area contributed by atoms with Crippen LogP contribution in [-0.4, -0.2) is 13.0 Å². The van der Waals surface area contributed by atoms with Crippen molar-refractivity contribution in [3.05, 3.63) is 53.8 Å². The van der Waals surface area contributed by atoms with E-state index in [-0.39, 0.29) is 5.56 Å². The number of carbonyl (C=O) groups is 1. The van der Waals surface area contributed by atoms with Gasteiger partial charge >= 0.3 is 0 Å². The quantitative estimate of drug-likeness (QED) is 0.834. The van der Waals surface area contributed by atoms with Crippen LogP contribution >= 0.6 is 0 Å². The van der Waals surface area contributed by atoms with Gasteiger partial charge < -0.3 is 15.8 Å². The number of hydrogen-bond acceptors (Lipinski definition) is 3. The number of rotatable bonds is 3. The summed E-state index contributed by atoms with van der Waals surface area (Å²) in [7, 11) is 1.53. The maximum absolute atomic E-state index is 13.0. The molecule has 0 radical (unpaired) electrons. The molecule has 2 aromatic rings. The first-order chi connectivity index (χ1) is 9.10. The van der Waals surface area contributed by atoms with E-state index in [1.807, 2.05) is 0 Å². The van der Waals surface area contributed by atoms with Gasteiger partial charge in [0.05, 0.1) is 18.5 Å². The third-order valence-corrected chi connectivity index (χ3v) is 2.59. The lowest BCUT2D eigenvalue weighted by Gasteiger charge is -2.09. The Bertz CT molecular complexity index is 614. The van der Waals surface area contributed by atoms with Crippen molar-refractivity contribution < 1.29 is 13.9 Å². The van der Waals surface area contributed by atoms with Gasteiger partial charge in [-0.25, -0.2) is 4.39 Å². The Balaban J connectivity index is 2.19. The summed E-state index contributed by atoms with van der Waals surface area (Å²) in [6.07, 6.45) is 0. The molecule has 3 N–H and O–H groups in total. The normalized spacial score (nSPS) is 10.0. The van der Waals surface area contributed by atoms with Crippen LogP contribution in [0.3, 0.4) is 0 Å². The highest BCUT2D eigenvalue weighted by atomic mass is 19.1. The van der Waals surface area contributed by atoms with Gasteiger partial charge in [0.25, 0.3) is 5.91 Å². The second-order valence-corrected chi connectivity index (χ2v) is 3.92. The molecule has 0 aliphatic carbocycles. The number of nitrogens with one attached hydrogen (secondary N) is 1. The third-order valence-electron chi connectivity index (χ3n) is 2.59. The van der Waals surface area contributed by atoms with E-state index in [9.17, 15) is 9.18 Å². The summed E-state index contributed by atoms with van der Waals surface area (Å²) in [4.78, 5) is 11.9. The second-order valence-electron chi connectivity index (χ2n) is 3.92. The van der Waals surface area contributed by atoms with Gasteiger partial charge in [0.2, 0.25) is 0 Å². The van der Waals surface area contributed by atoms with Crippen molar-refractivity contribution in [2.75, 3.05) is 18.2 Å². The monoisotopic (exact) mass is 260 g/mol. The fraction of sp³-hybridized carbons (Fsp3) is 0.0714. The average Bonchev–Trinajstić information content (AvgIpc) is 2.41. The van der Waals surface area contributed by atoms with E-state index in [4.69, 9.17) is 10.5 Å². The van der Waals surface area contributed by atoms with Crippen LogP contribution in [0.5, 0.6) is 5.75 Å². The fourth-order valence-corrected chi connectivity index (χ4v) is 1.61. The predicted molar refractivity (Wildman–Crippen MR) is 71.8 cm³/mol. The van der Waals surface area contributed by atoms with E-state index in [1.165, 1.54) is 25.3 Å². The van der Waals surface area contributed by atoms with Gasteiger partial charge in [0, 0.05) is 11.6 Å². The van der Waals surface area contributed by atoms with Crippen LogP contribution in [0, 0.1) is 5.82 Å². The molecule has 0 aliphatic rings. The van der Waals surface area contributed by atoms with Gasteiger partial charge in [0.1, 0.15) is 11.6 Å². The number of amides is 1. The molecule has 0 unspecified atom stereocenters. The minimum atomic E-state index is -0.463. The zero-order chi connectivity index (χ0) is 13.8. The molecule has 0 atom stereocenters. The van der Waals surface area contributed by atoms with Crippen molar-refractivity contribution in [3.8, 4) is 5.75 Å². The number of anilines is 2. The molecule has 0 heterocycles. The van der Waals surface area contributed by atoms with Crippen LogP contribution in [0.2, 0.25) is 0 Å². The molecule has 4 nitrogen and oxygen atoms in total. The van der Waals surface area contributed by atoms with Gasteiger partial charge in [0.15, 0.2) is 0 Å². The first kappa shape index (κ1) is 12.9. The predicted octanol–water partition coefficient (Wildman–Crippen LogP) is 2.67. The SMILES string of the molecule is COc1ccc(NC(=O)c2cccc(F)c2)c(N)c1. The van der Waals surface area contributed by atoms with Crippen molar-refractivity contribution in [2.24, 2.45) is 0 Å². The molecule has 0 saturated heterocycles. The van der Waals surface area contributed by atoms with Gasteiger partial charge in [-0.15, -0.1) is 0 Å². The number of carbonyl (C=O) groups excluding carboxylic acids is 1. The number of benzene rings is 2. The summed E-state index contributed by atoms with van der Waals surface area (Å²) >= 11 is 0. The molecule has 0 bridgehead atoms. The third kappa shape index (κ3) is 3.01. The molecule has 1 amide bonds. The zero-order valence-corrected chi connectivity index (χ0v) is 10.3. The highest BCUT2D eigenvalue weighted by molar-refractivity contribution is 6.05. The molecule has 98 valence electrons. The molecule has 0 aliphatic heterocycles. The molecule has 0 fully saturated rings. The lowest BCUT2D eigenvalue weighted by Crippen LogP contribution is -2.13. The standard InChI is InChI=1S/C14H13FN2O2/c1-19-11-5-6-13(12(16)8-11)17-14(18)9-3-2-4-10(15)7-9/h2-8H,16H2,1H3,(H,17,18). The summed E-state index contributed by atoms with van der Waals surface area (Å²) in [6, 6.07) is 10.3. The molecule has 2 aromatic carbocycles. The summed E-state index contributed by atoms with van der Waals surface area (Å²) < 4.78 is 18.0. The first-order valence-corrected chi connectivity index (χ1v) is 5.60. The number of methoxy groups -OCH3 is 1. The van der Waals surface area contributed by atoms with Crippen molar-refractivity contribution in [1.29, 1.82) is 0 Å². The molecule has 0 spiro atoms. The van der Waals surface area contributed by atoms with Crippen LogP contribution in [0.25, 0.3) is 0 Å². The molecular weight excluding hydrogens is 247 g/mol. The minimum Gasteiger partial charge on any atom is -0.497 e. The highest BCUT2D eigenvalue weighted by Crippen LogP contribution is 2.24. The summed E-state index contributed by atoms with van der Waals surface area (Å²) in [5, 5.41) is 2.62. The zero-order valence-electron chi connectivity index (χ0n) is 10.3. The number of nitrogen functional groups attached to an aromatic ring is 1. The van der Waals surface area contributed by atoms with Crippen molar-refractivity contribution in [3.63, 3.8) is 0 Å². The van der Waals surface area contributed by atoms with Crippen molar-refractivity contribution in [1.82, 2.24) is 0 Å².